The summed E-state index contributed by atoms with van der Waals surface area (Å²) in [5.74, 6) is 0.598. The number of carbonyl (C=O) groups is 1. The molecule has 2 aliphatic rings. The SMILES string of the molecule is CCCn1c(N2CC(C)OC(C)C2)c(C=C2SC(=S)N(C(C)C)C2=O)c(C)c(C#N)c1=O. The number of nitriles is 1. The third kappa shape index (κ3) is 4.49. The van der Waals surface area contributed by atoms with Gasteiger partial charge in [-0.2, -0.15) is 5.26 Å². The summed E-state index contributed by atoms with van der Waals surface area (Å²) >= 11 is 6.70. The minimum atomic E-state index is -0.291. The highest BCUT2D eigenvalue weighted by Crippen LogP contribution is 2.37. The van der Waals surface area contributed by atoms with Crippen LogP contribution in [0.5, 0.6) is 0 Å². The second-order valence-electron chi connectivity index (χ2n) is 8.61. The van der Waals surface area contributed by atoms with Crippen LogP contribution in [0.15, 0.2) is 9.70 Å². The van der Waals surface area contributed by atoms with E-state index in [1.54, 1.807) is 16.4 Å². The number of nitrogens with zero attached hydrogens (tertiary/aromatic N) is 4. The molecule has 2 fully saturated rings. The lowest BCUT2D eigenvalue weighted by Gasteiger charge is -2.39. The van der Waals surface area contributed by atoms with Crippen molar-refractivity contribution in [1.29, 1.82) is 5.26 Å². The average molecular weight is 475 g/mol. The molecule has 0 aromatic carbocycles. The standard InChI is InChI=1S/C23H30N4O3S2/c1-7-8-26-20(25-11-14(4)30-15(5)12-25)17(16(6)18(10-24)21(26)28)9-19-22(29)27(13(2)3)23(31)32-19/h9,13-15H,7-8,11-12H2,1-6H3. The van der Waals surface area contributed by atoms with E-state index in [4.69, 9.17) is 17.0 Å². The number of anilines is 1. The summed E-state index contributed by atoms with van der Waals surface area (Å²) in [4.78, 5) is 30.6. The van der Waals surface area contributed by atoms with Crippen LogP contribution in [0.2, 0.25) is 0 Å². The molecule has 0 N–H and O–H groups in total. The summed E-state index contributed by atoms with van der Waals surface area (Å²) in [6, 6.07) is 2.05. The first-order valence-corrected chi connectivity index (χ1v) is 12.2. The third-order valence-corrected chi connectivity index (χ3v) is 6.96. The second kappa shape index (κ2) is 9.77. The predicted molar refractivity (Wildman–Crippen MR) is 133 cm³/mol. The highest BCUT2D eigenvalue weighted by molar-refractivity contribution is 8.26. The summed E-state index contributed by atoms with van der Waals surface area (Å²) in [5.41, 5.74) is 1.13. The van der Waals surface area contributed by atoms with E-state index in [0.29, 0.717) is 34.4 Å². The monoisotopic (exact) mass is 474 g/mol. The van der Waals surface area contributed by atoms with Gasteiger partial charge in [-0.05, 0) is 52.7 Å². The number of amides is 1. The van der Waals surface area contributed by atoms with Crippen LogP contribution in [-0.2, 0) is 16.1 Å². The van der Waals surface area contributed by atoms with Crippen molar-refractivity contribution in [3.8, 4) is 6.07 Å². The van der Waals surface area contributed by atoms with E-state index in [2.05, 4.69) is 11.0 Å². The minimum absolute atomic E-state index is 0.00752. The Hall–Kier alpha value is -2.15. The van der Waals surface area contributed by atoms with Crippen molar-refractivity contribution < 1.29 is 9.53 Å². The molecule has 2 atom stereocenters. The molecule has 32 heavy (non-hydrogen) atoms. The number of thioether (sulfide) groups is 1. The smallest absolute Gasteiger partial charge is 0.270 e. The Labute approximate surface area is 199 Å². The molecular weight excluding hydrogens is 444 g/mol. The molecule has 3 rings (SSSR count). The Morgan fingerprint density at radius 1 is 1.28 bits per heavy atom. The zero-order valence-electron chi connectivity index (χ0n) is 19.5. The van der Waals surface area contributed by atoms with Crippen LogP contribution in [0.3, 0.4) is 0 Å². The van der Waals surface area contributed by atoms with Crippen LogP contribution in [0.1, 0.15) is 57.7 Å². The number of ether oxygens (including phenoxy) is 1. The summed E-state index contributed by atoms with van der Waals surface area (Å²) < 4.78 is 8.11. The van der Waals surface area contributed by atoms with E-state index in [1.165, 1.54) is 11.8 Å². The number of pyridine rings is 1. The minimum Gasteiger partial charge on any atom is -0.372 e. The molecule has 0 bridgehead atoms. The first-order valence-electron chi connectivity index (χ1n) is 11.0. The van der Waals surface area contributed by atoms with Crippen molar-refractivity contribution >= 4 is 46.1 Å². The van der Waals surface area contributed by atoms with Gasteiger partial charge < -0.3 is 9.64 Å². The van der Waals surface area contributed by atoms with Gasteiger partial charge in [0.25, 0.3) is 11.5 Å². The lowest BCUT2D eigenvalue weighted by molar-refractivity contribution is -0.123. The number of morpholine rings is 1. The lowest BCUT2D eigenvalue weighted by atomic mass is 10.0. The van der Waals surface area contributed by atoms with E-state index in [1.807, 2.05) is 40.7 Å². The summed E-state index contributed by atoms with van der Waals surface area (Å²) in [5, 5.41) is 9.75. The molecule has 2 unspecified atom stereocenters. The molecule has 0 spiro atoms. The Balaban J connectivity index is 2.28. The van der Waals surface area contributed by atoms with Crippen LogP contribution in [0.4, 0.5) is 5.82 Å². The molecule has 0 aliphatic carbocycles. The Kier molecular flexibility index (Phi) is 7.48. The molecular formula is C23H30N4O3S2. The molecule has 7 nitrogen and oxygen atoms in total. The van der Waals surface area contributed by atoms with Crippen LogP contribution in [0.25, 0.3) is 6.08 Å². The van der Waals surface area contributed by atoms with Gasteiger partial charge in [-0.15, -0.1) is 0 Å². The molecule has 3 heterocycles. The molecule has 1 aromatic rings. The fourth-order valence-corrected chi connectivity index (χ4v) is 5.83. The van der Waals surface area contributed by atoms with Crippen molar-refractivity contribution in [2.24, 2.45) is 0 Å². The van der Waals surface area contributed by atoms with Gasteiger partial charge in [0.15, 0.2) is 0 Å². The third-order valence-electron chi connectivity index (χ3n) is 5.63. The van der Waals surface area contributed by atoms with E-state index >= 15 is 0 Å². The zero-order chi connectivity index (χ0) is 23.7. The Morgan fingerprint density at radius 2 is 1.91 bits per heavy atom. The van der Waals surface area contributed by atoms with Crippen molar-refractivity contribution in [3.63, 3.8) is 0 Å². The highest BCUT2D eigenvalue weighted by atomic mass is 32.2. The van der Waals surface area contributed by atoms with Crippen molar-refractivity contribution in [3.05, 3.63) is 31.9 Å². The van der Waals surface area contributed by atoms with Crippen LogP contribution in [-0.4, -0.2) is 51.0 Å². The molecule has 9 heteroatoms. The largest absolute Gasteiger partial charge is 0.372 e. The predicted octanol–water partition coefficient (Wildman–Crippen LogP) is 3.66. The fourth-order valence-electron chi connectivity index (χ4n) is 4.32. The quantitative estimate of drug-likeness (QED) is 0.476. The van der Waals surface area contributed by atoms with Gasteiger partial charge in [-0.25, -0.2) is 0 Å². The number of carbonyl (C=O) groups excluding carboxylic acids is 1. The second-order valence-corrected chi connectivity index (χ2v) is 10.3. The molecule has 1 aromatic heterocycles. The van der Waals surface area contributed by atoms with Gasteiger partial charge in [0.1, 0.15) is 21.8 Å². The first kappa shape index (κ1) is 24.5. The Morgan fingerprint density at radius 3 is 2.41 bits per heavy atom. The van der Waals surface area contributed by atoms with Crippen molar-refractivity contribution in [2.45, 2.75) is 72.8 Å². The highest BCUT2D eigenvalue weighted by Gasteiger charge is 2.35. The van der Waals surface area contributed by atoms with Gasteiger partial charge in [0.05, 0.1) is 17.1 Å². The molecule has 0 radical (unpaired) electrons. The van der Waals surface area contributed by atoms with Gasteiger partial charge in [0.2, 0.25) is 0 Å². The van der Waals surface area contributed by atoms with E-state index in [-0.39, 0.29) is 35.3 Å². The molecule has 2 aliphatic heterocycles. The van der Waals surface area contributed by atoms with E-state index in [9.17, 15) is 14.9 Å². The van der Waals surface area contributed by atoms with Gasteiger partial charge in [-0.1, -0.05) is 30.9 Å². The maximum absolute atomic E-state index is 13.2. The zero-order valence-corrected chi connectivity index (χ0v) is 21.1. The molecule has 2 saturated heterocycles. The molecule has 1 amide bonds. The normalized spacial score (nSPS) is 22.9. The summed E-state index contributed by atoms with van der Waals surface area (Å²) in [6.07, 6.45) is 2.54. The molecule has 0 saturated carbocycles. The number of thiocarbonyl (C=S) groups is 1. The first-order chi connectivity index (χ1) is 15.1. The number of rotatable bonds is 5. The van der Waals surface area contributed by atoms with E-state index < -0.39 is 0 Å². The fraction of sp³-hybridized carbons (Fsp3) is 0.565. The van der Waals surface area contributed by atoms with Gasteiger partial charge in [-0.3, -0.25) is 19.1 Å². The van der Waals surface area contributed by atoms with Gasteiger partial charge in [0, 0.05) is 31.2 Å². The number of hydrogen-bond donors (Lipinski definition) is 0. The topological polar surface area (TPSA) is 78.6 Å². The number of aromatic nitrogens is 1. The summed E-state index contributed by atoms with van der Waals surface area (Å²) in [6.45, 7) is 13.4. The summed E-state index contributed by atoms with van der Waals surface area (Å²) in [7, 11) is 0. The lowest BCUT2D eigenvalue weighted by Crippen LogP contribution is -2.48. The van der Waals surface area contributed by atoms with Crippen molar-refractivity contribution in [2.75, 3.05) is 18.0 Å². The number of hydrogen-bond acceptors (Lipinski definition) is 7. The maximum Gasteiger partial charge on any atom is 0.270 e. The average Bonchev–Trinajstić information content (AvgIpc) is 2.98. The van der Waals surface area contributed by atoms with Crippen LogP contribution < -0.4 is 10.5 Å². The van der Waals surface area contributed by atoms with Crippen molar-refractivity contribution in [1.82, 2.24) is 9.47 Å². The Bertz CT molecular complexity index is 1060. The van der Waals surface area contributed by atoms with E-state index in [0.717, 1.165) is 17.8 Å². The van der Waals surface area contributed by atoms with Crippen LogP contribution >= 0.6 is 24.0 Å². The molecule has 172 valence electrons. The maximum atomic E-state index is 13.2. The van der Waals surface area contributed by atoms with Gasteiger partial charge >= 0.3 is 0 Å². The van der Waals surface area contributed by atoms with Crippen LogP contribution in [0, 0.1) is 18.3 Å².